The molecule has 0 saturated heterocycles. The number of hydrogen-bond donors (Lipinski definition) is 2. The second-order valence-corrected chi connectivity index (χ2v) is 11.7. The molecular formula is C29H32N2O3S. The third kappa shape index (κ3) is 5.19. The predicted molar refractivity (Wildman–Crippen MR) is 139 cm³/mol. The summed E-state index contributed by atoms with van der Waals surface area (Å²) in [6.07, 6.45) is 4.90. The van der Waals surface area contributed by atoms with E-state index in [0.717, 1.165) is 23.5 Å². The second kappa shape index (κ2) is 9.96. The minimum Gasteiger partial charge on any atom is -0.325 e. The summed E-state index contributed by atoms with van der Waals surface area (Å²) in [6.45, 7) is 1.99. The van der Waals surface area contributed by atoms with Gasteiger partial charge in [0, 0.05) is 11.7 Å². The molecular weight excluding hydrogens is 456 g/mol. The van der Waals surface area contributed by atoms with Gasteiger partial charge in [-0.1, -0.05) is 67.1 Å². The maximum absolute atomic E-state index is 13.3. The molecule has 0 aromatic heterocycles. The molecule has 0 spiro atoms. The lowest BCUT2D eigenvalue weighted by Crippen LogP contribution is -2.40. The lowest BCUT2D eigenvalue weighted by Gasteiger charge is -2.28. The van der Waals surface area contributed by atoms with Crippen molar-refractivity contribution in [2.45, 2.75) is 49.5 Å². The van der Waals surface area contributed by atoms with E-state index in [4.69, 9.17) is 0 Å². The first-order chi connectivity index (χ1) is 16.9. The summed E-state index contributed by atoms with van der Waals surface area (Å²) in [6, 6.07) is 25.6. The molecule has 0 unspecified atom stereocenters. The van der Waals surface area contributed by atoms with Crippen molar-refractivity contribution in [2.75, 3.05) is 5.32 Å². The first-order valence-corrected chi connectivity index (χ1v) is 13.9. The zero-order valence-electron chi connectivity index (χ0n) is 19.9. The fraction of sp³-hybridized carbons (Fsp3) is 0.345. The van der Waals surface area contributed by atoms with Gasteiger partial charge in [0.05, 0.1) is 10.8 Å². The van der Waals surface area contributed by atoms with Crippen molar-refractivity contribution in [2.24, 2.45) is 17.8 Å². The van der Waals surface area contributed by atoms with Crippen LogP contribution in [0.4, 0.5) is 5.69 Å². The summed E-state index contributed by atoms with van der Waals surface area (Å²) >= 11 is 0. The number of sulfonamides is 1. The van der Waals surface area contributed by atoms with Crippen LogP contribution in [0.2, 0.25) is 0 Å². The van der Waals surface area contributed by atoms with Gasteiger partial charge in [-0.2, -0.15) is 0 Å². The topological polar surface area (TPSA) is 75.3 Å². The van der Waals surface area contributed by atoms with Gasteiger partial charge in [0.25, 0.3) is 0 Å². The van der Waals surface area contributed by atoms with Crippen LogP contribution in [0.1, 0.15) is 49.7 Å². The monoisotopic (exact) mass is 488 g/mol. The van der Waals surface area contributed by atoms with Gasteiger partial charge < -0.3 is 5.32 Å². The average Bonchev–Trinajstić information content (AvgIpc) is 3.50. The molecule has 35 heavy (non-hydrogen) atoms. The molecule has 0 aliphatic heterocycles. The van der Waals surface area contributed by atoms with E-state index in [1.54, 1.807) is 24.3 Å². The Kier molecular flexibility index (Phi) is 6.76. The van der Waals surface area contributed by atoms with Gasteiger partial charge in [-0.3, -0.25) is 4.79 Å². The molecule has 3 aromatic carbocycles. The molecule has 2 aliphatic rings. The van der Waals surface area contributed by atoms with Gasteiger partial charge >= 0.3 is 0 Å². The molecule has 2 saturated carbocycles. The van der Waals surface area contributed by atoms with Crippen molar-refractivity contribution >= 4 is 21.6 Å². The highest BCUT2D eigenvalue weighted by molar-refractivity contribution is 7.89. The van der Waals surface area contributed by atoms with Crippen molar-refractivity contribution in [1.29, 1.82) is 0 Å². The second-order valence-electron chi connectivity index (χ2n) is 10.0. The number of hydrogen-bond acceptors (Lipinski definition) is 3. The van der Waals surface area contributed by atoms with Crippen LogP contribution < -0.4 is 10.0 Å². The molecule has 5 nitrogen and oxygen atoms in total. The molecule has 4 atom stereocenters. The van der Waals surface area contributed by atoms with Gasteiger partial charge in [0.1, 0.15) is 0 Å². The van der Waals surface area contributed by atoms with E-state index in [9.17, 15) is 13.2 Å². The standard InChI is InChI=1S/C29H32N2O3S/c1-20(27-19-21-12-13-24(27)18-21)31-35(33,34)26-16-14-25(15-17-26)30-29(32)28(22-8-4-2-5-9-22)23-10-6-3-7-11-23/h2-11,14-17,20-21,24,27-28,31H,12-13,18-19H2,1H3,(H,30,32)/t20-,21+,24+,27+/m1/s1. The molecule has 6 heteroatoms. The molecule has 2 aliphatic carbocycles. The van der Waals surface area contributed by atoms with Crippen LogP contribution in [0.3, 0.4) is 0 Å². The first-order valence-electron chi connectivity index (χ1n) is 12.4. The molecule has 2 bridgehead atoms. The molecule has 182 valence electrons. The summed E-state index contributed by atoms with van der Waals surface area (Å²) in [4.78, 5) is 13.5. The van der Waals surface area contributed by atoms with Gasteiger partial charge in [0.2, 0.25) is 15.9 Å². The Morgan fingerprint density at radius 2 is 1.43 bits per heavy atom. The van der Waals surface area contributed by atoms with Crippen LogP contribution in [0, 0.1) is 17.8 Å². The van der Waals surface area contributed by atoms with Crippen LogP contribution in [0.5, 0.6) is 0 Å². The SMILES string of the molecule is C[C@@H](NS(=O)(=O)c1ccc(NC(=O)C(c2ccccc2)c2ccccc2)cc1)[C@@H]1C[C@H]2CC[C@H]1C2. The summed E-state index contributed by atoms with van der Waals surface area (Å²) in [7, 11) is -3.62. The molecule has 2 N–H and O–H groups in total. The Labute approximate surface area is 208 Å². The van der Waals surface area contributed by atoms with Crippen LogP contribution in [0.25, 0.3) is 0 Å². The van der Waals surface area contributed by atoms with E-state index < -0.39 is 15.9 Å². The van der Waals surface area contributed by atoms with Crippen LogP contribution in [0.15, 0.2) is 89.8 Å². The lowest BCUT2D eigenvalue weighted by molar-refractivity contribution is -0.116. The highest BCUT2D eigenvalue weighted by Gasteiger charge is 2.42. The lowest BCUT2D eigenvalue weighted by atomic mass is 9.84. The quantitative estimate of drug-likeness (QED) is 0.436. The summed E-state index contributed by atoms with van der Waals surface area (Å²) in [5, 5.41) is 2.97. The summed E-state index contributed by atoms with van der Waals surface area (Å²) in [5.41, 5.74) is 2.36. The highest BCUT2D eigenvalue weighted by Crippen LogP contribution is 2.49. The fourth-order valence-electron chi connectivity index (χ4n) is 6.02. The van der Waals surface area contributed by atoms with Gasteiger partial charge in [0.15, 0.2) is 0 Å². The molecule has 3 aromatic rings. The largest absolute Gasteiger partial charge is 0.325 e. The number of benzene rings is 3. The number of carbonyl (C=O) groups excluding carboxylic acids is 1. The molecule has 0 radical (unpaired) electrons. The molecule has 0 heterocycles. The van der Waals surface area contributed by atoms with E-state index >= 15 is 0 Å². The van der Waals surface area contributed by atoms with E-state index in [1.165, 1.54) is 19.3 Å². The summed E-state index contributed by atoms with van der Waals surface area (Å²) in [5.74, 6) is 1.22. The zero-order chi connectivity index (χ0) is 24.4. The van der Waals surface area contributed by atoms with Crippen molar-refractivity contribution in [1.82, 2.24) is 4.72 Å². The average molecular weight is 489 g/mol. The predicted octanol–water partition coefficient (Wildman–Crippen LogP) is 5.56. The molecule has 5 rings (SSSR count). The van der Waals surface area contributed by atoms with Gasteiger partial charge in [-0.05, 0) is 79.3 Å². The Bertz CT molecular complexity index is 1220. The van der Waals surface area contributed by atoms with Crippen molar-refractivity contribution in [3.8, 4) is 0 Å². The Morgan fingerprint density at radius 3 is 1.94 bits per heavy atom. The number of carbonyl (C=O) groups is 1. The summed E-state index contributed by atoms with van der Waals surface area (Å²) < 4.78 is 28.9. The number of rotatable bonds is 8. The molecule has 2 fully saturated rings. The third-order valence-corrected chi connectivity index (χ3v) is 9.31. The Balaban J connectivity index is 1.28. The van der Waals surface area contributed by atoms with Gasteiger partial charge in [-0.25, -0.2) is 13.1 Å². The Morgan fingerprint density at radius 1 is 0.829 bits per heavy atom. The third-order valence-electron chi connectivity index (χ3n) is 7.74. The minimum atomic E-state index is -3.62. The number of anilines is 1. The smallest absolute Gasteiger partial charge is 0.240 e. The van der Waals surface area contributed by atoms with E-state index in [-0.39, 0.29) is 16.8 Å². The van der Waals surface area contributed by atoms with Crippen molar-refractivity contribution in [3.63, 3.8) is 0 Å². The number of fused-ring (bicyclic) bond motifs is 2. The Hall–Kier alpha value is -2.96. The number of nitrogens with one attached hydrogen (secondary N) is 2. The van der Waals surface area contributed by atoms with E-state index in [0.29, 0.717) is 17.5 Å². The van der Waals surface area contributed by atoms with Crippen molar-refractivity contribution in [3.05, 3.63) is 96.1 Å². The van der Waals surface area contributed by atoms with Crippen LogP contribution >= 0.6 is 0 Å². The molecule has 1 amide bonds. The fourth-order valence-corrected chi connectivity index (χ4v) is 7.32. The highest BCUT2D eigenvalue weighted by atomic mass is 32.2. The minimum absolute atomic E-state index is 0.0767. The maximum atomic E-state index is 13.3. The van der Waals surface area contributed by atoms with E-state index in [2.05, 4.69) is 10.0 Å². The van der Waals surface area contributed by atoms with Crippen molar-refractivity contribution < 1.29 is 13.2 Å². The van der Waals surface area contributed by atoms with Gasteiger partial charge in [-0.15, -0.1) is 0 Å². The van der Waals surface area contributed by atoms with Crippen LogP contribution in [-0.2, 0) is 14.8 Å². The first kappa shape index (κ1) is 23.8. The van der Waals surface area contributed by atoms with Crippen LogP contribution in [-0.4, -0.2) is 20.4 Å². The van der Waals surface area contributed by atoms with E-state index in [1.807, 2.05) is 67.6 Å². The normalized spacial score (nSPS) is 22.3. The number of amides is 1. The maximum Gasteiger partial charge on any atom is 0.240 e. The zero-order valence-corrected chi connectivity index (χ0v) is 20.7.